The molecule has 20 heavy (non-hydrogen) atoms. The van der Waals surface area contributed by atoms with Crippen LogP contribution in [0.1, 0.15) is 11.1 Å². The summed E-state index contributed by atoms with van der Waals surface area (Å²) in [5, 5.41) is 11.4. The Kier molecular flexibility index (Phi) is 4.71. The van der Waals surface area contributed by atoms with E-state index in [1.807, 2.05) is 30.3 Å². The van der Waals surface area contributed by atoms with E-state index >= 15 is 0 Å². The van der Waals surface area contributed by atoms with Crippen LogP contribution in [0.3, 0.4) is 0 Å². The summed E-state index contributed by atoms with van der Waals surface area (Å²) in [5.74, 6) is 0. The minimum atomic E-state index is -0.420. The zero-order valence-electron chi connectivity index (χ0n) is 10.8. The van der Waals surface area contributed by atoms with Crippen molar-refractivity contribution in [2.45, 2.75) is 18.9 Å². The van der Waals surface area contributed by atoms with Crippen LogP contribution in [-0.2, 0) is 12.8 Å². The highest BCUT2D eigenvalue weighted by Crippen LogP contribution is 2.24. The Bertz CT molecular complexity index is 602. The minimum Gasteiger partial charge on any atom is -0.327 e. The fraction of sp³-hybridized carbons (Fsp3) is 0.200. The lowest BCUT2D eigenvalue weighted by Crippen LogP contribution is -2.25. The van der Waals surface area contributed by atoms with Gasteiger partial charge in [0.2, 0.25) is 0 Å². The predicted octanol–water partition coefficient (Wildman–Crippen LogP) is 3.36. The number of nitrogens with zero attached hydrogens (tertiary/aromatic N) is 1. The highest BCUT2D eigenvalue weighted by molar-refractivity contribution is 6.30. The maximum Gasteiger partial charge on any atom is 0.274 e. The first kappa shape index (κ1) is 14.5. The number of nitrogens with two attached hydrogens (primary N) is 1. The summed E-state index contributed by atoms with van der Waals surface area (Å²) in [4.78, 5) is 10.6. The number of rotatable bonds is 5. The van der Waals surface area contributed by atoms with Gasteiger partial charge < -0.3 is 5.73 Å². The molecule has 2 aromatic carbocycles. The molecular formula is C15H15ClN2O2. The fourth-order valence-corrected chi connectivity index (χ4v) is 2.32. The van der Waals surface area contributed by atoms with Gasteiger partial charge in [0.15, 0.2) is 0 Å². The molecule has 104 valence electrons. The summed E-state index contributed by atoms with van der Waals surface area (Å²) >= 11 is 5.79. The summed E-state index contributed by atoms with van der Waals surface area (Å²) in [6.45, 7) is 0. The van der Waals surface area contributed by atoms with Gasteiger partial charge in [0, 0.05) is 22.7 Å². The Morgan fingerprint density at radius 2 is 1.85 bits per heavy atom. The number of nitro groups is 1. The largest absolute Gasteiger partial charge is 0.327 e. The third-order valence-electron chi connectivity index (χ3n) is 3.07. The van der Waals surface area contributed by atoms with Crippen LogP contribution in [0.4, 0.5) is 5.69 Å². The molecule has 2 N–H and O–H groups in total. The van der Waals surface area contributed by atoms with Crippen LogP contribution in [0.25, 0.3) is 0 Å². The van der Waals surface area contributed by atoms with Gasteiger partial charge in [-0.3, -0.25) is 10.1 Å². The number of nitro benzene ring substituents is 1. The lowest BCUT2D eigenvalue weighted by molar-refractivity contribution is -0.385. The topological polar surface area (TPSA) is 69.2 Å². The minimum absolute atomic E-state index is 0.0287. The van der Waals surface area contributed by atoms with Crippen LogP contribution in [-0.4, -0.2) is 11.0 Å². The Labute approximate surface area is 122 Å². The Balaban J connectivity index is 2.11. The highest BCUT2D eigenvalue weighted by Gasteiger charge is 2.16. The van der Waals surface area contributed by atoms with Crippen LogP contribution in [0.2, 0.25) is 5.02 Å². The van der Waals surface area contributed by atoms with Gasteiger partial charge in [-0.05, 0) is 24.5 Å². The first-order valence-corrected chi connectivity index (χ1v) is 6.66. The number of benzene rings is 2. The van der Waals surface area contributed by atoms with Crippen molar-refractivity contribution in [2.24, 2.45) is 5.73 Å². The van der Waals surface area contributed by atoms with Crippen LogP contribution in [0.15, 0.2) is 48.5 Å². The summed E-state index contributed by atoms with van der Waals surface area (Å²) in [6, 6.07) is 14.4. The number of halogens is 1. The zero-order valence-corrected chi connectivity index (χ0v) is 11.6. The summed E-state index contributed by atoms with van der Waals surface area (Å²) in [7, 11) is 0. The maximum absolute atomic E-state index is 11.0. The second-order valence-electron chi connectivity index (χ2n) is 4.68. The molecule has 1 atom stereocenters. The second-order valence-corrected chi connectivity index (χ2v) is 5.12. The molecule has 4 nitrogen and oxygen atoms in total. The van der Waals surface area contributed by atoms with Crippen molar-refractivity contribution in [1.29, 1.82) is 0 Å². The SMILES string of the molecule is NC(Cc1ccccc1)Cc1ccc(Cl)cc1[N+](=O)[O-]. The van der Waals surface area contributed by atoms with E-state index in [1.165, 1.54) is 6.07 Å². The molecule has 2 rings (SSSR count). The highest BCUT2D eigenvalue weighted by atomic mass is 35.5. The van der Waals surface area contributed by atoms with Crippen LogP contribution >= 0.6 is 11.6 Å². The molecule has 0 aliphatic carbocycles. The normalized spacial score (nSPS) is 12.1. The molecule has 0 fully saturated rings. The van der Waals surface area contributed by atoms with Crippen molar-refractivity contribution in [3.63, 3.8) is 0 Å². The number of hydrogen-bond donors (Lipinski definition) is 1. The average molecular weight is 291 g/mol. The van der Waals surface area contributed by atoms with Crippen molar-refractivity contribution < 1.29 is 4.92 Å². The van der Waals surface area contributed by atoms with E-state index in [0.717, 1.165) is 5.56 Å². The Morgan fingerprint density at radius 1 is 1.15 bits per heavy atom. The molecule has 0 aromatic heterocycles. The quantitative estimate of drug-likeness (QED) is 0.678. The summed E-state index contributed by atoms with van der Waals surface area (Å²) in [5.41, 5.74) is 7.85. The molecule has 0 spiro atoms. The van der Waals surface area contributed by atoms with Crippen LogP contribution in [0.5, 0.6) is 0 Å². The van der Waals surface area contributed by atoms with Gasteiger partial charge in [0.05, 0.1) is 4.92 Å². The first-order valence-electron chi connectivity index (χ1n) is 6.28. The second kappa shape index (κ2) is 6.50. The van der Waals surface area contributed by atoms with Gasteiger partial charge >= 0.3 is 0 Å². The van der Waals surface area contributed by atoms with Crippen LogP contribution in [0, 0.1) is 10.1 Å². The average Bonchev–Trinajstić information content (AvgIpc) is 2.41. The van der Waals surface area contributed by atoms with Gasteiger partial charge in [0.1, 0.15) is 0 Å². The van der Waals surface area contributed by atoms with Gasteiger partial charge in [-0.1, -0.05) is 48.0 Å². The van der Waals surface area contributed by atoms with Crippen molar-refractivity contribution in [1.82, 2.24) is 0 Å². The maximum atomic E-state index is 11.0. The molecule has 5 heteroatoms. The molecule has 0 aliphatic heterocycles. The van der Waals surface area contributed by atoms with Crippen molar-refractivity contribution in [3.05, 3.63) is 74.8 Å². The molecular weight excluding hydrogens is 276 g/mol. The van der Waals surface area contributed by atoms with E-state index < -0.39 is 4.92 Å². The van der Waals surface area contributed by atoms with Crippen molar-refractivity contribution >= 4 is 17.3 Å². The first-order chi connectivity index (χ1) is 9.56. The smallest absolute Gasteiger partial charge is 0.274 e. The van der Waals surface area contributed by atoms with E-state index in [2.05, 4.69) is 0 Å². The standard InChI is InChI=1S/C15H15ClN2O2/c16-13-7-6-12(15(10-13)18(19)20)9-14(17)8-11-4-2-1-3-5-11/h1-7,10,14H,8-9,17H2. The van der Waals surface area contributed by atoms with Gasteiger partial charge in [-0.15, -0.1) is 0 Å². The molecule has 0 saturated carbocycles. The monoisotopic (exact) mass is 290 g/mol. The van der Waals surface area contributed by atoms with Gasteiger partial charge in [-0.2, -0.15) is 0 Å². The molecule has 0 amide bonds. The third kappa shape index (κ3) is 3.79. The fourth-order valence-electron chi connectivity index (χ4n) is 2.15. The van der Waals surface area contributed by atoms with E-state index in [-0.39, 0.29) is 11.7 Å². The van der Waals surface area contributed by atoms with Crippen LogP contribution < -0.4 is 5.73 Å². The van der Waals surface area contributed by atoms with Crippen molar-refractivity contribution in [2.75, 3.05) is 0 Å². The molecule has 0 bridgehead atoms. The summed E-state index contributed by atoms with van der Waals surface area (Å²) < 4.78 is 0. The predicted molar refractivity (Wildman–Crippen MR) is 79.9 cm³/mol. The van der Waals surface area contributed by atoms with E-state index in [0.29, 0.717) is 23.4 Å². The molecule has 2 aromatic rings. The van der Waals surface area contributed by atoms with Gasteiger partial charge in [-0.25, -0.2) is 0 Å². The molecule has 0 radical (unpaired) electrons. The Morgan fingerprint density at radius 3 is 2.50 bits per heavy atom. The van der Waals surface area contributed by atoms with Gasteiger partial charge in [0.25, 0.3) is 5.69 Å². The Hall–Kier alpha value is -1.91. The lowest BCUT2D eigenvalue weighted by Gasteiger charge is -2.12. The summed E-state index contributed by atoms with van der Waals surface area (Å²) in [6.07, 6.45) is 1.13. The lowest BCUT2D eigenvalue weighted by atomic mass is 9.99. The molecule has 0 heterocycles. The molecule has 0 saturated heterocycles. The number of hydrogen-bond acceptors (Lipinski definition) is 3. The molecule has 1 unspecified atom stereocenters. The molecule has 0 aliphatic rings. The van der Waals surface area contributed by atoms with E-state index in [1.54, 1.807) is 12.1 Å². The third-order valence-corrected chi connectivity index (χ3v) is 3.30. The zero-order chi connectivity index (χ0) is 14.5. The van der Waals surface area contributed by atoms with E-state index in [4.69, 9.17) is 17.3 Å². The van der Waals surface area contributed by atoms with Crippen molar-refractivity contribution in [3.8, 4) is 0 Å². The van der Waals surface area contributed by atoms with E-state index in [9.17, 15) is 10.1 Å².